The van der Waals surface area contributed by atoms with E-state index in [2.05, 4.69) is 317 Å². The first-order valence-electron chi connectivity index (χ1n) is 42.1. The summed E-state index contributed by atoms with van der Waals surface area (Å²) in [5.41, 5.74) is 34.9. The number of hydrogen-bond acceptors (Lipinski definition) is 4. The summed E-state index contributed by atoms with van der Waals surface area (Å²) in [6.45, 7) is 26.3. The summed E-state index contributed by atoms with van der Waals surface area (Å²) < 4.78 is 105. The van der Waals surface area contributed by atoms with E-state index in [0.29, 0.717) is 39.8 Å². The number of hydrogen-bond donors (Lipinski definition) is 0. The van der Waals surface area contributed by atoms with E-state index in [-0.39, 0.29) is 16.8 Å². The van der Waals surface area contributed by atoms with Crippen molar-refractivity contribution in [2.45, 2.75) is 131 Å². The van der Waals surface area contributed by atoms with E-state index in [1.165, 1.54) is 142 Å². The highest BCUT2D eigenvalue weighted by Crippen LogP contribution is 2.34. The third kappa shape index (κ3) is 13.2. The van der Waals surface area contributed by atoms with Crippen LogP contribution in [0.15, 0.2) is 128 Å². The van der Waals surface area contributed by atoms with Gasteiger partial charge in [-0.05, 0) is 179 Å². The minimum atomic E-state index is -2.46. The van der Waals surface area contributed by atoms with E-state index in [9.17, 15) is 0 Å². The van der Waals surface area contributed by atoms with E-state index in [1.54, 1.807) is 64.6 Å². The molecule has 0 aliphatic heterocycles. The van der Waals surface area contributed by atoms with E-state index in [1.807, 2.05) is 6.92 Å². The van der Waals surface area contributed by atoms with Crippen molar-refractivity contribution in [3.63, 3.8) is 0 Å². The molecule has 0 aliphatic rings. The number of rotatable bonds is 8. The van der Waals surface area contributed by atoms with Crippen LogP contribution >= 0.6 is 0 Å². The predicted molar refractivity (Wildman–Crippen MR) is 440 cm³/mol. The normalized spacial score (nSPS) is 13.1. The molecule has 16 heterocycles. The van der Waals surface area contributed by atoms with Gasteiger partial charge in [0.15, 0.2) is 24.8 Å². The smallest absolute Gasteiger partial charge is 0.280 e. The monoisotopic (exact) mass is 1500 g/mol. The van der Waals surface area contributed by atoms with Gasteiger partial charge >= 0.3 is 0 Å². The Morgan fingerprint density at radius 2 is 0.595 bits per heavy atom. The van der Waals surface area contributed by atoms with Gasteiger partial charge in [-0.3, -0.25) is 17.6 Å². The molecule has 0 saturated carbocycles. The number of nitrogens with zero attached hydrogens (tertiary/aromatic N) is 20. The zero-order valence-electron chi connectivity index (χ0n) is 79.1. The average Bonchev–Trinajstić information content (AvgIpc) is 1.54. The van der Waals surface area contributed by atoms with Crippen LogP contribution in [0.5, 0.6) is 0 Å². The molecule has 0 saturated heterocycles. The van der Waals surface area contributed by atoms with Crippen molar-refractivity contribution >= 4 is 23.1 Å². The quantitative estimate of drug-likeness (QED) is 0.141. The lowest BCUT2D eigenvalue weighted by Crippen LogP contribution is -2.41. The van der Waals surface area contributed by atoms with Crippen LogP contribution in [0, 0.1) is 131 Å². The second-order valence-electron chi connectivity index (χ2n) is 30.7. The van der Waals surface area contributed by atoms with Crippen LogP contribution in [-0.2, 0) is 84.6 Å². The van der Waals surface area contributed by atoms with Crippen LogP contribution in [0.1, 0.15) is 119 Å². The van der Waals surface area contributed by atoms with Crippen molar-refractivity contribution in [3.8, 4) is 91.1 Å². The molecule has 0 atom stereocenters. The Morgan fingerprint density at radius 3 is 0.946 bits per heavy atom. The van der Waals surface area contributed by atoms with Crippen LogP contribution < -0.4 is 36.5 Å². The molecule has 0 radical (unpaired) electrons. The largest absolute Gasteiger partial charge is 0.308 e. The third-order valence-electron chi connectivity index (χ3n) is 22.8. The van der Waals surface area contributed by atoms with Crippen LogP contribution in [0.4, 0.5) is 0 Å². The van der Waals surface area contributed by atoms with Crippen molar-refractivity contribution in [2.75, 3.05) is 0 Å². The molecule has 0 amide bonds. The molecule has 0 spiro atoms. The van der Waals surface area contributed by atoms with Gasteiger partial charge in [0, 0.05) is 181 Å². The van der Waals surface area contributed by atoms with Gasteiger partial charge in [0.1, 0.15) is 79.2 Å². The summed E-state index contributed by atoms with van der Waals surface area (Å²) >= 11 is 0. The van der Waals surface area contributed by atoms with E-state index < -0.39 is 20.6 Å². The van der Waals surface area contributed by atoms with Crippen molar-refractivity contribution in [2.24, 2.45) is 84.6 Å². The maximum atomic E-state index is 8.22. The number of pyridine rings is 8. The van der Waals surface area contributed by atoms with Crippen molar-refractivity contribution in [1.82, 2.24) is 55.8 Å². The number of fused-ring (bicyclic) bond motifs is 4. The fourth-order valence-electron chi connectivity index (χ4n) is 16.7. The summed E-state index contributed by atoms with van der Waals surface area (Å²) in [6, 6.07) is 26.6. The van der Waals surface area contributed by atoms with Crippen molar-refractivity contribution in [3.05, 3.63) is 235 Å². The van der Waals surface area contributed by atoms with Crippen LogP contribution in [-0.4, -0.2) is 55.8 Å². The summed E-state index contributed by atoms with van der Waals surface area (Å²) in [5, 5.41) is 0. The Labute approximate surface area is 666 Å². The Kier molecular flexibility index (Phi) is 17.4. The SMILES string of the molecule is Cc1cc(C)c(-c2cccc[n+]2C)[n+](C)c1-c1cn2c(C)c(C)nc2n1C.Cc1cc[n+](C)c(-c2c(C)cc(C)c(-c3cn4c(C)c(C)nc4n3C)[n+]2C)c1.Cc1ccc(-c2c(C)cc(C)c(-c3cn4c(C)c(C)nc4n3C)[n+]2C)[n+](C)c1.[2H]C([2H])([2H])c1cc[n+](C)c(-c2c(C([2H])([2H])[2H])cc(C)c(-c3cn4c(C)c(C([2H])([2H])[2H])nc4n3C)[n+]2C)c1. The molecule has 0 N–H and O–H groups in total. The molecule has 16 rings (SSSR count). The maximum Gasteiger partial charge on any atom is 0.280 e. The lowest BCUT2D eigenvalue weighted by Gasteiger charge is -2.11. The van der Waals surface area contributed by atoms with Crippen molar-refractivity contribution < 1.29 is 48.9 Å². The zero-order valence-corrected chi connectivity index (χ0v) is 70.1. The lowest BCUT2D eigenvalue weighted by atomic mass is 10.0. The highest BCUT2D eigenvalue weighted by Gasteiger charge is 2.36. The molecule has 0 aromatic carbocycles. The summed E-state index contributed by atoms with van der Waals surface area (Å²) in [5.74, 6) is 3.38. The van der Waals surface area contributed by atoms with Gasteiger partial charge < -0.3 is 18.3 Å². The fourth-order valence-corrected chi connectivity index (χ4v) is 16.7. The third-order valence-corrected chi connectivity index (χ3v) is 22.8. The topological polar surface area (TPSA) is 120 Å². The minimum absolute atomic E-state index is 0.0256. The highest BCUT2D eigenvalue weighted by atomic mass is 15.2. The molecule has 0 bridgehead atoms. The van der Waals surface area contributed by atoms with Gasteiger partial charge in [-0.25, -0.2) is 19.9 Å². The van der Waals surface area contributed by atoms with Gasteiger partial charge in [-0.2, -0.15) is 36.5 Å². The zero-order chi connectivity index (χ0) is 87.9. The van der Waals surface area contributed by atoms with Gasteiger partial charge in [0.25, 0.3) is 45.6 Å². The maximum absolute atomic E-state index is 8.22. The summed E-state index contributed by atoms with van der Waals surface area (Å²) in [6.07, 6.45) is 16.4. The van der Waals surface area contributed by atoms with Crippen LogP contribution in [0.3, 0.4) is 0 Å². The minimum Gasteiger partial charge on any atom is -0.308 e. The first-order valence-corrected chi connectivity index (χ1v) is 37.6. The second kappa shape index (κ2) is 29.2. The number of aromatic nitrogens is 20. The van der Waals surface area contributed by atoms with Gasteiger partial charge in [-0.1, -0.05) is 0 Å². The molecular formula is C91H114N20+8. The summed E-state index contributed by atoms with van der Waals surface area (Å²) in [4.78, 5) is 18.6. The Bertz CT molecular complexity index is 6850. The molecule has 20 heteroatoms. The molecule has 0 fully saturated rings. The van der Waals surface area contributed by atoms with Gasteiger partial charge in [0.2, 0.25) is 45.9 Å². The highest BCUT2D eigenvalue weighted by molar-refractivity contribution is 5.69. The second-order valence-corrected chi connectivity index (χ2v) is 30.7. The Morgan fingerprint density at radius 1 is 0.279 bits per heavy atom. The molecule has 16 aromatic rings. The molecular weight excluding hydrogens is 1370 g/mol. The molecule has 20 nitrogen and oxygen atoms in total. The molecule has 570 valence electrons. The van der Waals surface area contributed by atoms with Gasteiger partial charge in [0.05, 0.1) is 22.8 Å². The van der Waals surface area contributed by atoms with E-state index >= 15 is 0 Å². The fraction of sp³-hybridized carbons (Fsp3) is 0.341. The standard InChI is InChI=1S/3C23H29N5.C22H27N5/c1-14-9-10-19(25(6)12-14)21-15(2)11-16(3)22(27(21)8)20-13-28-18(5)17(4)24-23(28)26(20)7;2*1-14-9-10-25(6)19(11-14)21-15(2)12-16(3)22(27(21)8)20-13-28-18(5)17(4)24-23(28)26(20)7;1-14-12-15(2)21(26(7)20(14)18-10-8-9-11-24(18)5)19-13-27-17(4)16(3)23-22(27)25(19)6/h3*9-13H,1-8H3;8-13H,1-7H3/q4*+2/i;1D3,2D3,4D3;;. The number of aryl methyl sites for hydroxylation is 27. The predicted octanol–water partition coefficient (Wildman–Crippen LogP) is 12.5. The first-order chi connectivity index (χ1) is 56.0. The number of imidazole rings is 8. The van der Waals surface area contributed by atoms with E-state index in [0.717, 1.165) is 34.4 Å². The van der Waals surface area contributed by atoms with Crippen molar-refractivity contribution in [1.29, 1.82) is 0 Å². The molecule has 0 aliphatic carbocycles. The molecule has 16 aromatic heterocycles. The molecule has 111 heavy (non-hydrogen) atoms. The van der Waals surface area contributed by atoms with Gasteiger partial charge in [-0.15, -0.1) is 0 Å². The Hall–Kier alpha value is -11.8. The van der Waals surface area contributed by atoms with E-state index in [4.69, 9.17) is 27.3 Å². The Balaban J connectivity index is 0.000000139. The van der Waals surface area contributed by atoms with Crippen LogP contribution in [0.2, 0.25) is 0 Å². The summed E-state index contributed by atoms with van der Waals surface area (Å²) in [7, 11) is 24.3. The lowest BCUT2D eigenvalue weighted by molar-refractivity contribution is -0.685. The first kappa shape index (κ1) is 66.2. The molecule has 0 unspecified atom stereocenters. The van der Waals surface area contributed by atoms with Crippen LogP contribution in [0.25, 0.3) is 114 Å². The average molecular weight is 1500 g/mol.